The molecule has 0 spiro atoms. The molecule has 1 rings (SSSR count). The number of aromatic nitrogens is 2. The molecule has 6 nitrogen and oxygen atoms in total. The third kappa shape index (κ3) is 1.07. The second-order valence-electron chi connectivity index (χ2n) is 2.27. The first-order valence-electron chi connectivity index (χ1n) is 3.26. The molecule has 0 saturated carbocycles. The summed E-state index contributed by atoms with van der Waals surface area (Å²) in [6, 6.07) is 0. The lowest BCUT2D eigenvalue weighted by Gasteiger charge is -1.97. The Balaban J connectivity index is 3.17. The number of imidazole rings is 1. The van der Waals surface area contributed by atoms with E-state index in [-0.39, 0.29) is 11.6 Å². The molecule has 0 atom stereocenters. The average molecular weight is 170 g/mol. The minimum Gasteiger partial charge on any atom is -0.464 e. The van der Waals surface area contributed by atoms with Crippen LogP contribution in [0, 0.1) is 6.92 Å². The highest BCUT2D eigenvalue weighted by atomic mass is 16.5. The van der Waals surface area contributed by atoms with E-state index in [2.05, 4.69) is 9.72 Å². The van der Waals surface area contributed by atoms with E-state index in [1.54, 1.807) is 6.92 Å². The molecule has 12 heavy (non-hydrogen) atoms. The Morgan fingerprint density at radius 3 is 2.58 bits per heavy atom. The van der Waals surface area contributed by atoms with Crippen molar-refractivity contribution in [1.29, 1.82) is 0 Å². The van der Waals surface area contributed by atoms with Crippen molar-refractivity contribution in [1.82, 2.24) is 9.66 Å². The first-order chi connectivity index (χ1) is 5.57. The number of carbonyl (C=O) groups excluding carboxylic acids is 1. The molecule has 0 aliphatic carbocycles. The summed E-state index contributed by atoms with van der Waals surface area (Å²) in [5.74, 6) is 4.97. The van der Waals surface area contributed by atoms with Gasteiger partial charge in [-0.15, -0.1) is 0 Å². The van der Waals surface area contributed by atoms with Gasteiger partial charge in [-0.3, -0.25) is 0 Å². The Morgan fingerprint density at radius 1 is 1.67 bits per heavy atom. The van der Waals surface area contributed by atoms with E-state index in [0.717, 1.165) is 4.68 Å². The summed E-state index contributed by atoms with van der Waals surface area (Å²) in [5.41, 5.74) is 5.99. The van der Waals surface area contributed by atoms with Crippen LogP contribution in [0.5, 0.6) is 0 Å². The van der Waals surface area contributed by atoms with Gasteiger partial charge in [-0.1, -0.05) is 0 Å². The molecule has 0 aromatic carbocycles. The highest BCUT2D eigenvalue weighted by Crippen LogP contribution is 2.09. The number of nitrogens with two attached hydrogens (primary N) is 2. The second kappa shape index (κ2) is 2.72. The lowest BCUT2D eigenvalue weighted by molar-refractivity contribution is 0.0593. The van der Waals surface area contributed by atoms with E-state index >= 15 is 0 Å². The molecule has 1 aromatic heterocycles. The maximum atomic E-state index is 11.0. The molecular weight excluding hydrogens is 160 g/mol. The zero-order chi connectivity index (χ0) is 9.30. The fourth-order valence-electron chi connectivity index (χ4n) is 0.825. The van der Waals surface area contributed by atoms with Crippen LogP contribution in [0.15, 0.2) is 0 Å². The molecule has 0 amide bonds. The van der Waals surface area contributed by atoms with Crippen molar-refractivity contribution in [3.63, 3.8) is 0 Å². The molecule has 6 heteroatoms. The van der Waals surface area contributed by atoms with Crippen molar-refractivity contribution < 1.29 is 9.53 Å². The van der Waals surface area contributed by atoms with Gasteiger partial charge in [-0.2, -0.15) is 0 Å². The minimum absolute atomic E-state index is 0.0906. The van der Waals surface area contributed by atoms with E-state index in [1.165, 1.54) is 7.11 Å². The minimum atomic E-state index is -0.539. The number of carbonyl (C=O) groups is 1. The van der Waals surface area contributed by atoms with Gasteiger partial charge in [0.15, 0.2) is 5.69 Å². The van der Waals surface area contributed by atoms with Crippen LogP contribution in [0.2, 0.25) is 0 Å². The van der Waals surface area contributed by atoms with Crippen LogP contribution in [0.3, 0.4) is 0 Å². The smallest absolute Gasteiger partial charge is 0.358 e. The Morgan fingerprint density at radius 2 is 2.25 bits per heavy atom. The lowest BCUT2D eigenvalue weighted by Crippen LogP contribution is -2.14. The fraction of sp³-hybridized carbons (Fsp3) is 0.333. The largest absolute Gasteiger partial charge is 0.464 e. The van der Waals surface area contributed by atoms with Gasteiger partial charge in [0, 0.05) is 0 Å². The predicted molar refractivity (Wildman–Crippen MR) is 42.9 cm³/mol. The van der Waals surface area contributed by atoms with Crippen molar-refractivity contribution >= 4 is 11.9 Å². The van der Waals surface area contributed by atoms with Gasteiger partial charge in [0.05, 0.1) is 12.8 Å². The van der Waals surface area contributed by atoms with Crippen LogP contribution in [0.4, 0.5) is 5.95 Å². The Hall–Kier alpha value is -1.72. The zero-order valence-electron chi connectivity index (χ0n) is 6.87. The Labute approximate surface area is 69.1 Å². The van der Waals surface area contributed by atoms with E-state index in [1.807, 2.05) is 0 Å². The summed E-state index contributed by atoms with van der Waals surface area (Å²) in [7, 11) is 1.27. The van der Waals surface area contributed by atoms with Gasteiger partial charge in [0.25, 0.3) is 0 Å². The van der Waals surface area contributed by atoms with Gasteiger partial charge in [-0.05, 0) is 6.92 Å². The van der Waals surface area contributed by atoms with Gasteiger partial charge in [0.2, 0.25) is 5.95 Å². The first kappa shape index (κ1) is 8.38. The van der Waals surface area contributed by atoms with Gasteiger partial charge in [-0.25, -0.2) is 14.5 Å². The van der Waals surface area contributed by atoms with Gasteiger partial charge < -0.3 is 16.3 Å². The SMILES string of the molecule is COC(=O)c1nc(N)n(N)c1C. The molecular formula is C6H10N4O2. The number of nitrogen functional groups attached to an aromatic ring is 2. The first-order valence-corrected chi connectivity index (χ1v) is 3.26. The van der Waals surface area contributed by atoms with E-state index in [9.17, 15) is 4.79 Å². The molecule has 0 fully saturated rings. The van der Waals surface area contributed by atoms with E-state index < -0.39 is 5.97 Å². The lowest BCUT2D eigenvalue weighted by atomic mass is 10.3. The molecule has 0 aliphatic rings. The summed E-state index contributed by atoms with van der Waals surface area (Å²) >= 11 is 0. The number of ether oxygens (including phenoxy) is 1. The molecule has 0 saturated heterocycles. The molecule has 0 radical (unpaired) electrons. The highest BCUT2D eigenvalue weighted by Gasteiger charge is 2.16. The quantitative estimate of drug-likeness (QED) is 0.428. The number of nitrogens with zero attached hydrogens (tertiary/aromatic N) is 2. The van der Waals surface area contributed by atoms with Crippen molar-refractivity contribution in [2.75, 3.05) is 18.7 Å². The second-order valence-corrected chi connectivity index (χ2v) is 2.27. The van der Waals surface area contributed by atoms with Crippen LogP contribution in [0.1, 0.15) is 16.2 Å². The Bertz CT molecular complexity index is 318. The molecule has 1 aromatic rings. The monoisotopic (exact) mass is 170 g/mol. The van der Waals surface area contributed by atoms with Gasteiger partial charge in [0.1, 0.15) is 0 Å². The third-order valence-corrected chi connectivity index (χ3v) is 1.56. The van der Waals surface area contributed by atoms with Gasteiger partial charge >= 0.3 is 5.97 Å². The third-order valence-electron chi connectivity index (χ3n) is 1.56. The normalized spacial score (nSPS) is 9.83. The molecule has 0 bridgehead atoms. The van der Waals surface area contributed by atoms with E-state index in [4.69, 9.17) is 11.6 Å². The fourth-order valence-corrected chi connectivity index (χ4v) is 0.825. The number of esters is 1. The molecule has 0 aliphatic heterocycles. The van der Waals surface area contributed by atoms with Crippen LogP contribution >= 0.6 is 0 Å². The van der Waals surface area contributed by atoms with Crippen LogP contribution < -0.4 is 11.6 Å². The topological polar surface area (TPSA) is 96.2 Å². The van der Waals surface area contributed by atoms with Crippen molar-refractivity contribution in [3.8, 4) is 0 Å². The standard InChI is InChI=1S/C6H10N4O2/c1-3-4(5(11)12-2)9-6(7)10(3)8/h8H2,1-2H3,(H2,7,9). The summed E-state index contributed by atoms with van der Waals surface area (Å²) < 4.78 is 5.59. The summed E-state index contributed by atoms with van der Waals surface area (Å²) in [4.78, 5) is 14.7. The summed E-state index contributed by atoms with van der Waals surface area (Å²) in [6.45, 7) is 1.63. The van der Waals surface area contributed by atoms with Crippen LogP contribution in [-0.2, 0) is 4.74 Å². The predicted octanol–water partition coefficient (Wildman–Crippen LogP) is -0.726. The van der Waals surface area contributed by atoms with E-state index in [0.29, 0.717) is 5.69 Å². The van der Waals surface area contributed by atoms with Crippen LogP contribution in [0.25, 0.3) is 0 Å². The van der Waals surface area contributed by atoms with Crippen molar-refractivity contribution in [2.24, 2.45) is 0 Å². The summed E-state index contributed by atoms with van der Waals surface area (Å²) in [5, 5.41) is 0. The number of rotatable bonds is 1. The molecule has 1 heterocycles. The number of hydrogen-bond donors (Lipinski definition) is 2. The summed E-state index contributed by atoms with van der Waals surface area (Å²) in [6.07, 6.45) is 0. The Kier molecular flexibility index (Phi) is 1.90. The molecule has 0 unspecified atom stereocenters. The number of anilines is 1. The number of hydrogen-bond acceptors (Lipinski definition) is 5. The highest BCUT2D eigenvalue weighted by molar-refractivity contribution is 5.89. The van der Waals surface area contributed by atoms with Crippen molar-refractivity contribution in [3.05, 3.63) is 11.4 Å². The maximum absolute atomic E-state index is 11.0. The maximum Gasteiger partial charge on any atom is 0.358 e. The molecule has 66 valence electrons. The van der Waals surface area contributed by atoms with Crippen molar-refractivity contribution in [2.45, 2.75) is 6.92 Å². The molecule has 4 N–H and O–H groups in total. The number of methoxy groups -OCH3 is 1. The zero-order valence-corrected chi connectivity index (χ0v) is 6.87. The van der Waals surface area contributed by atoms with Crippen LogP contribution in [-0.4, -0.2) is 22.7 Å². The average Bonchev–Trinajstić information content (AvgIpc) is 2.32.